The summed E-state index contributed by atoms with van der Waals surface area (Å²) in [6, 6.07) is 20.3. The molecule has 5 nitrogen and oxygen atoms in total. The van der Waals surface area contributed by atoms with Crippen molar-refractivity contribution in [1.82, 2.24) is 15.0 Å². The topological polar surface area (TPSA) is 59.3 Å². The monoisotopic (exact) mass is 372 g/mol. The van der Waals surface area contributed by atoms with Gasteiger partial charge in [-0.3, -0.25) is 4.79 Å². The molecule has 1 aliphatic rings. The molecule has 0 saturated heterocycles. The fraction of sp³-hybridized carbons (Fsp3) is 0.261. The molecule has 0 unspecified atom stereocenters. The lowest BCUT2D eigenvalue weighted by molar-refractivity contribution is -0.121. The Hall–Kier alpha value is -3.21. The quantitative estimate of drug-likeness (QED) is 0.640. The average molecular weight is 372 g/mol. The molecule has 0 radical (unpaired) electrons. The maximum absolute atomic E-state index is 12.2. The number of imidazole rings is 1. The molecule has 1 saturated carbocycles. The van der Waals surface area contributed by atoms with Crippen molar-refractivity contribution in [2.24, 2.45) is 5.10 Å². The zero-order valence-electron chi connectivity index (χ0n) is 15.8. The van der Waals surface area contributed by atoms with Crippen LogP contribution in [0.1, 0.15) is 32.1 Å². The molecule has 1 N–H and O–H groups in total. The largest absolute Gasteiger partial charge is 0.330 e. The number of benzene rings is 2. The van der Waals surface area contributed by atoms with Gasteiger partial charge in [-0.15, -0.1) is 0 Å². The normalized spacial score (nSPS) is 13.5. The van der Waals surface area contributed by atoms with Crippen LogP contribution in [0.15, 0.2) is 72.1 Å². The Kier molecular flexibility index (Phi) is 5.61. The molecule has 1 heterocycles. The van der Waals surface area contributed by atoms with Crippen LogP contribution < -0.4 is 5.43 Å². The summed E-state index contributed by atoms with van der Waals surface area (Å²) in [5.41, 5.74) is 7.93. The van der Waals surface area contributed by atoms with Crippen LogP contribution in [0.3, 0.4) is 0 Å². The number of aromatic nitrogens is 2. The lowest BCUT2D eigenvalue weighted by Crippen LogP contribution is -2.20. The van der Waals surface area contributed by atoms with E-state index in [2.05, 4.69) is 44.3 Å². The van der Waals surface area contributed by atoms with Crippen molar-refractivity contribution < 1.29 is 4.79 Å². The molecule has 0 bridgehead atoms. The van der Waals surface area contributed by atoms with E-state index >= 15 is 0 Å². The number of aryl methyl sites for hydroxylation is 1. The maximum Gasteiger partial charge on any atom is 0.241 e. The highest BCUT2D eigenvalue weighted by molar-refractivity contribution is 5.87. The first-order valence-corrected chi connectivity index (χ1v) is 9.81. The third-order valence-corrected chi connectivity index (χ3v) is 5.03. The number of amides is 1. The standard InChI is InChI=1S/C23H24N4O/c28-21(26-25-20-13-7-8-14-20)15-16-27-17-24-22(18-9-3-1-4-10-18)23(27)19-11-5-2-6-12-19/h1-6,9-12,17H,7-8,13-16H2,(H,26,28). The first-order valence-electron chi connectivity index (χ1n) is 9.81. The number of nitrogens with one attached hydrogen (secondary N) is 1. The number of carbonyl (C=O) groups is 1. The van der Waals surface area contributed by atoms with Gasteiger partial charge in [-0.05, 0) is 25.7 Å². The van der Waals surface area contributed by atoms with E-state index in [0.29, 0.717) is 13.0 Å². The second-order valence-corrected chi connectivity index (χ2v) is 7.04. The highest BCUT2D eigenvalue weighted by Gasteiger charge is 2.15. The first-order chi connectivity index (χ1) is 13.8. The second-order valence-electron chi connectivity index (χ2n) is 7.04. The van der Waals surface area contributed by atoms with Crippen LogP contribution in [-0.4, -0.2) is 21.2 Å². The molecule has 0 atom stereocenters. The minimum Gasteiger partial charge on any atom is -0.330 e. The van der Waals surface area contributed by atoms with Crippen LogP contribution in [0.5, 0.6) is 0 Å². The van der Waals surface area contributed by atoms with Crippen molar-refractivity contribution in [2.75, 3.05) is 0 Å². The van der Waals surface area contributed by atoms with Crippen molar-refractivity contribution in [3.05, 3.63) is 67.0 Å². The van der Waals surface area contributed by atoms with Crippen molar-refractivity contribution in [3.63, 3.8) is 0 Å². The molecular weight excluding hydrogens is 348 g/mol. The van der Waals surface area contributed by atoms with Crippen LogP contribution in [-0.2, 0) is 11.3 Å². The third kappa shape index (κ3) is 4.19. The Morgan fingerprint density at radius 1 is 0.964 bits per heavy atom. The van der Waals surface area contributed by atoms with E-state index in [-0.39, 0.29) is 5.91 Å². The molecule has 1 amide bonds. The van der Waals surface area contributed by atoms with Crippen LogP contribution in [0.25, 0.3) is 22.5 Å². The van der Waals surface area contributed by atoms with Crippen molar-refractivity contribution in [1.29, 1.82) is 0 Å². The van der Waals surface area contributed by atoms with E-state index in [0.717, 1.165) is 41.1 Å². The molecule has 1 aliphatic carbocycles. The smallest absolute Gasteiger partial charge is 0.241 e. The van der Waals surface area contributed by atoms with Crippen molar-refractivity contribution >= 4 is 11.6 Å². The molecule has 1 fully saturated rings. The third-order valence-electron chi connectivity index (χ3n) is 5.03. The number of rotatable bonds is 6. The summed E-state index contributed by atoms with van der Waals surface area (Å²) < 4.78 is 2.06. The highest BCUT2D eigenvalue weighted by Crippen LogP contribution is 2.31. The van der Waals surface area contributed by atoms with Gasteiger partial charge in [0.2, 0.25) is 5.91 Å². The van der Waals surface area contributed by atoms with E-state index in [1.54, 1.807) is 0 Å². The summed E-state index contributed by atoms with van der Waals surface area (Å²) in [6.07, 6.45) is 6.53. The number of hydrogen-bond acceptors (Lipinski definition) is 3. The number of hydrazone groups is 1. The fourth-order valence-corrected chi connectivity index (χ4v) is 3.57. The summed E-state index contributed by atoms with van der Waals surface area (Å²) in [5, 5.41) is 4.26. The Labute approximate surface area is 165 Å². The highest BCUT2D eigenvalue weighted by atomic mass is 16.2. The molecule has 3 aromatic rings. The summed E-state index contributed by atoms with van der Waals surface area (Å²) in [6.45, 7) is 0.556. The van der Waals surface area contributed by atoms with E-state index < -0.39 is 0 Å². The fourth-order valence-electron chi connectivity index (χ4n) is 3.57. The van der Waals surface area contributed by atoms with Gasteiger partial charge in [0.1, 0.15) is 0 Å². The lowest BCUT2D eigenvalue weighted by Gasteiger charge is -2.10. The van der Waals surface area contributed by atoms with Gasteiger partial charge in [0.05, 0.1) is 17.7 Å². The van der Waals surface area contributed by atoms with Gasteiger partial charge in [0, 0.05) is 29.8 Å². The predicted molar refractivity (Wildman–Crippen MR) is 112 cm³/mol. The van der Waals surface area contributed by atoms with Crippen LogP contribution in [0.2, 0.25) is 0 Å². The zero-order valence-corrected chi connectivity index (χ0v) is 15.8. The zero-order chi connectivity index (χ0) is 19.2. The molecule has 5 heteroatoms. The summed E-state index contributed by atoms with van der Waals surface area (Å²) >= 11 is 0. The molecule has 28 heavy (non-hydrogen) atoms. The van der Waals surface area contributed by atoms with Gasteiger partial charge >= 0.3 is 0 Å². The van der Waals surface area contributed by atoms with Crippen molar-refractivity contribution in [3.8, 4) is 22.5 Å². The van der Waals surface area contributed by atoms with Gasteiger partial charge in [-0.25, -0.2) is 10.4 Å². The van der Waals surface area contributed by atoms with Crippen molar-refractivity contribution in [2.45, 2.75) is 38.6 Å². The summed E-state index contributed by atoms with van der Waals surface area (Å²) in [7, 11) is 0. The lowest BCUT2D eigenvalue weighted by atomic mass is 10.0. The average Bonchev–Trinajstić information content (AvgIpc) is 3.42. The molecule has 2 aromatic carbocycles. The van der Waals surface area contributed by atoms with Gasteiger partial charge in [-0.2, -0.15) is 5.10 Å². The van der Waals surface area contributed by atoms with Gasteiger partial charge in [-0.1, -0.05) is 60.7 Å². The van der Waals surface area contributed by atoms with E-state index in [1.807, 2.05) is 42.7 Å². The summed E-state index contributed by atoms with van der Waals surface area (Å²) in [4.78, 5) is 16.9. The molecule has 4 rings (SSSR count). The summed E-state index contributed by atoms with van der Waals surface area (Å²) in [5.74, 6) is -0.0617. The predicted octanol–water partition coefficient (Wildman–Crippen LogP) is 4.65. The van der Waals surface area contributed by atoms with E-state index in [4.69, 9.17) is 0 Å². The molecule has 0 aliphatic heterocycles. The second kappa shape index (κ2) is 8.65. The van der Waals surface area contributed by atoms with E-state index in [9.17, 15) is 4.79 Å². The van der Waals surface area contributed by atoms with Gasteiger partial charge in [0.25, 0.3) is 0 Å². The van der Waals surface area contributed by atoms with Crippen LogP contribution in [0, 0.1) is 0 Å². The first kappa shape index (κ1) is 18.2. The number of carbonyl (C=O) groups excluding carboxylic acids is 1. The SMILES string of the molecule is O=C(CCn1cnc(-c2ccccc2)c1-c1ccccc1)NN=C1CCCC1. The Bertz CT molecular complexity index is 953. The Balaban J connectivity index is 1.54. The molecule has 1 aromatic heterocycles. The maximum atomic E-state index is 12.2. The van der Waals surface area contributed by atoms with Gasteiger partial charge in [0.15, 0.2) is 0 Å². The molecular formula is C23H24N4O. The van der Waals surface area contributed by atoms with Crippen LogP contribution in [0.4, 0.5) is 0 Å². The number of nitrogens with zero attached hydrogens (tertiary/aromatic N) is 3. The molecule has 142 valence electrons. The van der Waals surface area contributed by atoms with Crippen LogP contribution >= 0.6 is 0 Å². The Morgan fingerprint density at radius 3 is 2.29 bits per heavy atom. The minimum atomic E-state index is -0.0617. The van der Waals surface area contributed by atoms with Gasteiger partial charge < -0.3 is 4.57 Å². The Morgan fingerprint density at radius 2 is 1.61 bits per heavy atom. The minimum absolute atomic E-state index is 0.0617. The molecule has 0 spiro atoms. The van der Waals surface area contributed by atoms with E-state index in [1.165, 1.54) is 12.8 Å². The number of hydrogen-bond donors (Lipinski definition) is 1.